The van der Waals surface area contributed by atoms with E-state index in [0.717, 1.165) is 12.8 Å². The van der Waals surface area contributed by atoms with Crippen LogP contribution < -0.4 is 10.6 Å². The number of carboxylic acid groups (broad SMARTS) is 1. The molecule has 0 saturated heterocycles. The molecule has 8 nitrogen and oxygen atoms in total. The second-order valence-electron chi connectivity index (χ2n) is 4.84. The maximum Gasteiger partial charge on any atom is 0.317 e. The van der Waals surface area contributed by atoms with Crippen molar-refractivity contribution in [3.8, 4) is 0 Å². The van der Waals surface area contributed by atoms with Gasteiger partial charge in [-0.2, -0.15) is 0 Å². The van der Waals surface area contributed by atoms with Gasteiger partial charge >= 0.3 is 12.0 Å². The van der Waals surface area contributed by atoms with Crippen LogP contribution in [-0.4, -0.2) is 67.3 Å². The zero-order valence-electron chi connectivity index (χ0n) is 11.7. The van der Waals surface area contributed by atoms with Gasteiger partial charge in [0.15, 0.2) is 0 Å². The minimum Gasteiger partial charge on any atom is -0.481 e. The number of amides is 3. The van der Waals surface area contributed by atoms with E-state index in [9.17, 15) is 14.4 Å². The molecule has 0 aromatic heterocycles. The SMILES string of the molecule is COC(CNC(=O)N(C)CC(=O)NC1CC1)CC(=O)O. The molecule has 0 aromatic rings. The smallest absolute Gasteiger partial charge is 0.317 e. The van der Waals surface area contributed by atoms with Crippen LogP contribution in [0.5, 0.6) is 0 Å². The minimum atomic E-state index is -0.997. The second kappa shape index (κ2) is 7.68. The molecule has 1 aliphatic rings. The fourth-order valence-electron chi connectivity index (χ4n) is 1.56. The highest BCUT2D eigenvalue weighted by Gasteiger charge is 2.24. The molecule has 3 amide bonds. The number of nitrogens with one attached hydrogen (secondary N) is 2. The largest absolute Gasteiger partial charge is 0.481 e. The number of ether oxygens (including phenoxy) is 1. The fraction of sp³-hybridized carbons (Fsp3) is 0.750. The van der Waals surface area contributed by atoms with Gasteiger partial charge in [-0.05, 0) is 12.8 Å². The molecule has 1 aliphatic carbocycles. The van der Waals surface area contributed by atoms with E-state index >= 15 is 0 Å². The summed E-state index contributed by atoms with van der Waals surface area (Å²) in [5, 5.41) is 14.0. The van der Waals surface area contributed by atoms with E-state index in [1.807, 2.05) is 0 Å². The van der Waals surface area contributed by atoms with E-state index in [2.05, 4.69) is 10.6 Å². The first-order valence-electron chi connectivity index (χ1n) is 6.45. The summed E-state index contributed by atoms with van der Waals surface area (Å²) in [5.74, 6) is -1.19. The van der Waals surface area contributed by atoms with Crippen molar-refractivity contribution in [2.75, 3.05) is 27.2 Å². The number of carbonyl (C=O) groups excluding carboxylic acids is 2. The molecular formula is C12H21N3O5. The van der Waals surface area contributed by atoms with Crippen molar-refractivity contribution >= 4 is 17.9 Å². The Hall–Kier alpha value is -1.83. The maximum atomic E-state index is 11.7. The Labute approximate surface area is 117 Å². The van der Waals surface area contributed by atoms with Crippen LogP contribution in [0.1, 0.15) is 19.3 Å². The second-order valence-corrected chi connectivity index (χ2v) is 4.84. The molecule has 0 aliphatic heterocycles. The first-order valence-corrected chi connectivity index (χ1v) is 6.45. The summed E-state index contributed by atoms with van der Waals surface area (Å²) in [5.41, 5.74) is 0. The van der Waals surface area contributed by atoms with Gasteiger partial charge in [0.25, 0.3) is 0 Å². The van der Waals surface area contributed by atoms with Crippen LogP contribution in [0.25, 0.3) is 0 Å². The standard InChI is InChI=1S/C12H21N3O5/c1-15(7-10(16)14-8-3-4-8)12(19)13-6-9(20-2)5-11(17)18/h8-9H,3-7H2,1-2H3,(H,13,19)(H,14,16)(H,17,18). The lowest BCUT2D eigenvalue weighted by Gasteiger charge is -2.19. The molecule has 1 rings (SSSR count). The van der Waals surface area contributed by atoms with Gasteiger partial charge in [-0.25, -0.2) is 4.79 Å². The number of rotatable bonds is 8. The van der Waals surface area contributed by atoms with E-state index in [1.165, 1.54) is 19.1 Å². The molecule has 0 aromatic carbocycles. The van der Waals surface area contributed by atoms with E-state index < -0.39 is 18.1 Å². The van der Waals surface area contributed by atoms with Crippen LogP contribution >= 0.6 is 0 Å². The number of urea groups is 1. The van der Waals surface area contributed by atoms with Crippen molar-refractivity contribution in [1.82, 2.24) is 15.5 Å². The first kappa shape index (κ1) is 16.2. The van der Waals surface area contributed by atoms with Gasteiger partial charge in [-0.1, -0.05) is 0 Å². The van der Waals surface area contributed by atoms with E-state index in [1.54, 1.807) is 0 Å². The van der Waals surface area contributed by atoms with Crippen molar-refractivity contribution < 1.29 is 24.2 Å². The molecule has 1 fully saturated rings. The van der Waals surface area contributed by atoms with Crippen LogP contribution in [-0.2, 0) is 14.3 Å². The van der Waals surface area contributed by atoms with Crippen molar-refractivity contribution in [2.45, 2.75) is 31.4 Å². The Kier molecular flexibility index (Phi) is 6.23. The summed E-state index contributed by atoms with van der Waals surface area (Å²) in [6.45, 7) is 0.0507. The Bertz CT molecular complexity index is 370. The summed E-state index contributed by atoms with van der Waals surface area (Å²) < 4.78 is 4.94. The van der Waals surface area contributed by atoms with Crippen LogP contribution in [0.15, 0.2) is 0 Å². The normalized spacial score (nSPS) is 15.3. The third kappa shape index (κ3) is 6.37. The van der Waals surface area contributed by atoms with Crippen LogP contribution in [0.4, 0.5) is 4.79 Å². The number of carbonyl (C=O) groups is 3. The maximum absolute atomic E-state index is 11.7. The van der Waals surface area contributed by atoms with Crippen LogP contribution in [0.2, 0.25) is 0 Å². The molecular weight excluding hydrogens is 266 g/mol. The molecule has 114 valence electrons. The number of likely N-dealkylation sites (N-methyl/N-ethyl adjacent to an activating group) is 1. The van der Waals surface area contributed by atoms with Gasteiger partial charge < -0.3 is 25.4 Å². The number of methoxy groups -OCH3 is 1. The quantitative estimate of drug-likeness (QED) is 0.552. The van der Waals surface area contributed by atoms with Gasteiger partial charge in [0.2, 0.25) is 5.91 Å². The van der Waals surface area contributed by atoms with Gasteiger partial charge in [0.1, 0.15) is 6.54 Å². The van der Waals surface area contributed by atoms with Crippen molar-refractivity contribution in [2.24, 2.45) is 0 Å². The summed E-state index contributed by atoms with van der Waals surface area (Å²) in [6.07, 6.45) is 1.20. The van der Waals surface area contributed by atoms with Crippen LogP contribution in [0.3, 0.4) is 0 Å². The Balaban J connectivity index is 2.25. The van der Waals surface area contributed by atoms with Crippen molar-refractivity contribution in [3.63, 3.8) is 0 Å². The monoisotopic (exact) mass is 287 g/mol. The Morgan fingerprint density at radius 1 is 1.40 bits per heavy atom. The fourth-order valence-corrected chi connectivity index (χ4v) is 1.56. The number of hydrogen-bond donors (Lipinski definition) is 3. The molecule has 1 atom stereocenters. The molecule has 0 radical (unpaired) electrons. The zero-order chi connectivity index (χ0) is 15.1. The molecule has 0 spiro atoms. The molecule has 8 heteroatoms. The average Bonchev–Trinajstić information content (AvgIpc) is 3.16. The van der Waals surface area contributed by atoms with Gasteiger partial charge in [0, 0.05) is 26.7 Å². The third-order valence-electron chi connectivity index (χ3n) is 2.89. The van der Waals surface area contributed by atoms with Crippen molar-refractivity contribution in [1.29, 1.82) is 0 Å². The van der Waals surface area contributed by atoms with Crippen molar-refractivity contribution in [3.05, 3.63) is 0 Å². The highest BCUT2D eigenvalue weighted by Crippen LogP contribution is 2.18. The summed E-state index contributed by atoms with van der Waals surface area (Å²) in [7, 11) is 2.88. The minimum absolute atomic E-state index is 0.0289. The molecule has 3 N–H and O–H groups in total. The number of hydrogen-bond acceptors (Lipinski definition) is 4. The number of nitrogens with zero attached hydrogens (tertiary/aromatic N) is 1. The third-order valence-corrected chi connectivity index (χ3v) is 2.89. The van der Waals surface area contributed by atoms with Gasteiger partial charge in [-0.3, -0.25) is 9.59 Å². The predicted molar refractivity (Wildman–Crippen MR) is 70.2 cm³/mol. The highest BCUT2D eigenvalue weighted by atomic mass is 16.5. The van der Waals surface area contributed by atoms with Gasteiger partial charge in [0.05, 0.1) is 12.5 Å². The topological polar surface area (TPSA) is 108 Å². The first-order chi connectivity index (χ1) is 9.42. The molecule has 20 heavy (non-hydrogen) atoms. The zero-order valence-corrected chi connectivity index (χ0v) is 11.7. The van der Waals surface area contributed by atoms with Crippen LogP contribution in [0, 0.1) is 0 Å². The molecule has 1 saturated carbocycles. The highest BCUT2D eigenvalue weighted by molar-refractivity contribution is 5.84. The lowest BCUT2D eigenvalue weighted by molar-refractivity contribution is -0.139. The lowest BCUT2D eigenvalue weighted by Crippen LogP contribution is -2.46. The summed E-state index contributed by atoms with van der Waals surface area (Å²) in [4.78, 5) is 35.0. The summed E-state index contributed by atoms with van der Waals surface area (Å²) in [6, 6.07) is -0.184. The summed E-state index contributed by atoms with van der Waals surface area (Å²) >= 11 is 0. The number of carboxylic acids is 1. The Morgan fingerprint density at radius 3 is 2.55 bits per heavy atom. The van der Waals surface area contributed by atoms with E-state index in [-0.39, 0.29) is 31.5 Å². The lowest BCUT2D eigenvalue weighted by atomic mass is 10.2. The molecule has 0 bridgehead atoms. The van der Waals surface area contributed by atoms with E-state index in [0.29, 0.717) is 0 Å². The Morgan fingerprint density at radius 2 is 2.05 bits per heavy atom. The predicted octanol–water partition coefficient (Wildman–Crippen LogP) is -0.604. The van der Waals surface area contributed by atoms with Gasteiger partial charge in [-0.15, -0.1) is 0 Å². The van der Waals surface area contributed by atoms with E-state index in [4.69, 9.17) is 9.84 Å². The number of aliphatic carboxylic acids is 1. The molecule has 1 unspecified atom stereocenters. The molecule has 0 heterocycles. The average molecular weight is 287 g/mol.